The molecule has 134 valence electrons. The summed E-state index contributed by atoms with van der Waals surface area (Å²) in [6.07, 6.45) is 2.39. The minimum Gasteiger partial charge on any atom is -0.455 e. The van der Waals surface area contributed by atoms with Gasteiger partial charge in [0.2, 0.25) is 5.91 Å². The zero-order chi connectivity index (χ0) is 16.6. The molecule has 5 nitrogen and oxygen atoms in total. The molecule has 1 aliphatic heterocycles. The van der Waals surface area contributed by atoms with E-state index in [1.165, 1.54) is 0 Å². The summed E-state index contributed by atoms with van der Waals surface area (Å²) in [6.45, 7) is 1.78. The number of nitrogens with one attached hydrogen (secondary N) is 2. The highest BCUT2D eigenvalue weighted by atomic mass is 35.5. The summed E-state index contributed by atoms with van der Waals surface area (Å²) in [6, 6.07) is 16.9. The largest absolute Gasteiger partial charge is 0.455 e. The maximum Gasteiger partial charge on any atom is 0.238 e. The molecule has 1 heterocycles. The predicted octanol–water partition coefficient (Wildman–Crippen LogP) is 3.61. The van der Waals surface area contributed by atoms with E-state index >= 15 is 0 Å². The first-order chi connectivity index (χ1) is 11.8. The Hall–Kier alpha value is -2.08. The summed E-state index contributed by atoms with van der Waals surface area (Å²) in [5, 5.41) is 6.03. The minimum absolute atomic E-state index is 0. The maximum absolute atomic E-state index is 12.1. The first kappa shape index (κ1) is 19.2. The van der Waals surface area contributed by atoms with Crippen molar-refractivity contribution < 1.29 is 14.3 Å². The molecule has 0 aromatic heterocycles. The average molecular weight is 363 g/mol. The van der Waals surface area contributed by atoms with E-state index in [0.717, 1.165) is 25.2 Å². The van der Waals surface area contributed by atoms with Crippen LogP contribution in [-0.4, -0.2) is 31.7 Å². The maximum atomic E-state index is 12.1. The molecule has 6 heteroatoms. The van der Waals surface area contributed by atoms with E-state index in [-0.39, 0.29) is 31.0 Å². The molecule has 1 aliphatic rings. The Labute approximate surface area is 154 Å². The average Bonchev–Trinajstić information content (AvgIpc) is 3.11. The Morgan fingerprint density at radius 1 is 1.12 bits per heavy atom. The molecule has 1 saturated heterocycles. The molecule has 1 fully saturated rings. The smallest absolute Gasteiger partial charge is 0.238 e. The summed E-state index contributed by atoms with van der Waals surface area (Å²) in [4.78, 5) is 12.1. The number of anilines is 1. The molecule has 0 radical (unpaired) electrons. The van der Waals surface area contributed by atoms with Crippen LogP contribution in [-0.2, 0) is 9.53 Å². The van der Waals surface area contributed by atoms with Gasteiger partial charge in [-0.3, -0.25) is 4.79 Å². The molecule has 1 atom stereocenters. The summed E-state index contributed by atoms with van der Waals surface area (Å²) in [5.41, 5.74) is 0.658. The van der Waals surface area contributed by atoms with E-state index in [1.54, 1.807) is 0 Å². The number of hydrogen-bond acceptors (Lipinski definition) is 4. The van der Waals surface area contributed by atoms with Gasteiger partial charge in [-0.25, -0.2) is 0 Å². The highest BCUT2D eigenvalue weighted by Gasteiger charge is 2.15. The predicted molar refractivity (Wildman–Crippen MR) is 101 cm³/mol. The van der Waals surface area contributed by atoms with Gasteiger partial charge in [0.1, 0.15) is 5.75 Å². The molecule has 1 amide bonds. The van der Waals surface area contributed by atoms with Gasteiger partial charge in [0.15, 0.2) is 5.75 Å². The van der Waals surface area contributed by atoms with Crippen LogP contribution in [0.15, 0.2) is 54.6 Å². The monoisotopic (exact) mass is 362 g/mol. The quantitative estimate of drug-likeness (QED) is 0.790. The fraction of sp³-hybridized carbons (Fsp3) is 0.316. The molecule has 0 saturated carbocycles. The van der Waals surface area contributed by atoms with E-state index in [9.17, 15) is 4.79 Å². The zero-order valence-corrected chi connectivity index (χ0v) is 14.8. The van der Waals surface area contributed by atoms with Gasteiger partial charge >= 0.3 is 0 Å². The Balaban J connectivity index is 0.00000225. The number of benzene rings is 2. The molecular formula is C19H23ClN2O3. The number of amides is 1. The van der Waals surface area contributed by atoms with E-state index in [0.29, 0.717) is 18.0 Å². The molecule has 1 unspecified atom stereocenters. The molecule has 2 N–H and O–H groups in total. The number of carbonyl (C=O) groups excluding carboxylic acids is 1. The lowest BCUT2D eigenvalue weighted by atomic mass is 10.2. The van der Waals surface area contributed by atoms with Crippen LogP contribution in [0.4, 0.5) is 5.69 Å². The SMILES string of the molecule is Cl.O=C(CNCC1CCCO1)Nc1ccccc1Oc1ccccc1. The third kappa shape index (κ3) is 6.05. The lowest BCUT2D eigenvalue weighted by Gasteiger charge is -2.13. The Kier molecular flexibility index (Phi) is 7.73. The first-order valence-corrected chi connectivity index (χ1v) is 8.25. The van der Waals surface area contributed by atoms with Crippen LogP contribution in [0.2, 0.25) is 0 Å². The van der Waals surface area contributed by atoms with Gasteiger partial charge in [-0.05, 0) is 37.1 Å². The van der Waals surface area contributed by atoms with Gasteiger partial charge in [0.25, 0.3) is 0 Å². The van der Waals surface area contributed by atoms with Gasteiger partial charge in [-0.2, -0.15) is 0 Å². The first-order valence-electron chi connectivity index (χ1n) is 8.25. The molecular weight excluding hydrogens is 340 g/mol. The summed E-state index contributed by atoms with van der Waals surface area (Å²) >= 11 is 0. The van der Waals surface area contributed by atoms with Crippen molar-refractivity contribution in [2.75, 3.05) is 25.0 Å². The molecule has 3 rings (SSSR count). The van der Waals surface area contributed by atoms with Crippen molar-refractivity contribution in [3.63, 3.8) is 0 Å². The highest BCUT2D eigenvalue weighted by Crippen LogP contribution is 2.28. The van der Waals surface area contributed by atoms with Crippen molar-refractivity contribution in [2.24, 2.45) is 0 Å². The summed E-state index contributed by atoms with van der Waals surface area (Å²) < 4.78 is 11.4. The third-order valence-electron chi connectivity index (χ3n) is 3.81. The zero-order valence-electron chi connectivity index (χ0n) is 13.9. The Bertz CT molecular complexity index is 661. The second-order valence-corrected chi connectivity index (χ2v) is 5.73. The van der Waals surface area contributed by atoms with E-state index in [2.05, 4.69) is 10.6 Å². The van der Waals surface area contributed by atoms with E-state index in [1.807, 2.05) is 54.6 Å². The van der Waals surface area contributed by atoms with Crippen molar-refractivity contribution in [2.45, 2.75) is 18.9 Å². The number of hydrogen-bond donors (Lipinski definition) is 2. The molecule has 2 aromatic carbocycles. The van der Waals surface area contributed by atoms with Crippen LogP contribution in [0.5, 0.6) is 11.5 Å². The number of ether oxygens (including phenoxy) is 2. The van der Waals surface area contributed by atoms with Crippen molar-refractivity contribution >= 4 is 24.0 Å². The fourth-order valence-corrected chi connectivity index (χ4v) is 2.62. The van der Waals surface area contributed by atoms with Crippen LogP contribution in [0.25, 0.3) is 0 Å². The van der Waals surface area contributed by atoms with Crippen LogP contribution in [0, 0.1) is 0 Å². The normalized spacial score (nSPS) is 16.1. The second kappa shape index (κ2) is 10.0. The third-order valence-corrected chi connectivity index (χ3v) is 3.81. The molecule has 0 spiro atoms. The van der Waals surface area contributed by atoms with Gasteiger partial charge in [-0.1, -0.05) is 30.3 Å². The Morgan fingerprint density at radius 3 is 2.64 bits per heavy atom. The number of carbonyl (C=O) groups is 1. The van der Waals surface area contributed by atoms with Crippen molar-refractivity contribution in [3.8, 4) is 11.5 Å². The van der Waals surface area contributed by atoms with Gasteiger partial charge in [0.05, 0.1) is 18.3 Å². The lowest BCUT2D eigenvalue weighted by Crippen LogP contribution is -2.33. The van der Waals surface area contributed by atoms with Crippen LogP contribution in [0.1, 0.15) is 12.8 Å². The molecule has 2 aromatic rings. The van der Waals surface area contributed by atoms with E-state index in [4.69, 9.17) is 9.47 Å². The van der Waals surface area contributed by atoms with Gasteiger partial charge < -0.3 is 20.1 Å². The van der Waals surface area contributed by atoms with Crippen molar-refractivity contribution in [1.82, 2.24) is 5.32 Å². The van der Waals surface area contributed by atoms with Crippen LogP contribution >= 0.6 is 12.4 Å². The fourth-order valence-electron chi connectivity index (χ4n) is 2.62. The Morgan fingerprint density at radius 2 is 1.88 bits per heavy atom. The molecule has 0 aliphatic carbocycles. The lowest BCUT2D eigenvalue weighted by molar-refractivity contribution is -0.115. The van der Waals surface area contributed by atoms with E-state index < -0.39 is 0 Å². The van der Waals surface area contributed by atoms with Crippen molar-refractivity contribution in [3.05, 3.63) is 54.6 Å². The van der Waals surface area contributed by atoms with Crippen molar-refractivity contribution in [1.29, 1.82) is 0 Å². The molecule has 0 bridgehead atoms. The van der Waals surface area contributed by atoms with Crippen LogP contribution < -0.4 is 15.4 Å². The summed E-state index contributed by atoms with van der Waals surface area (Å²) in [5.74, 6) is 1.25. The van der Waals surface area contributed by atoms with Gasteiger partial charge in [0, 0.05) is 13.2 Å². The number of rotatable bonds is 7. The highest BCUT2D eigenvalue weighted by molar-refractivity contribution is 5.93. The van der Waals surface area contributed by atoms with Crippen LogP contribution in [0.3, 0.4) is 0 Å². The minimum atomic E-state index is -0.0999. The second-order valence-electron chi connectivity index (χ2n) is 5.73. The standard InChI is InChI=1S/C19H22N2O3.ClH/c22-19(14-20-13-16-9-6-12-23-16)21-17-10-4-5-11-18(17)24-15-7-2-1-3-8-15;/h1-5,7-8,10-11,16,20H,6,9,12-14H2,(H,21,22);1H. The topological polar surface area (TPSA) is 59.6 Å². The number of halogens is 1. The van der Waals surface area contributed by atoms with Gasteiger partial charge in [-0.15, -0.1) is 12.4 Å². The summed E-state index contributed by atoms with van der Waals surface area (Å²) in [7, 11) is 0. The molecule has 25 heavy (non-hydrogen) atoms. The number of para-hydroxylation sites is 3.